The molecule has 0 amide bonds. The zero-order valence-electron chi connectivity index (χ0n) is 7.28. The van der Waals surface area contributed by atoms with Crippen LogP contribution in [0.2, 0.25) is 0 Å². The van der Waals surface area contributed by atoms with E-state index in [1.165, 1.54) is 12.8 Å². The van der Waals surface area contributed by atoms with E-state index in [4.69, 9.17) is 10.7 Å². The van der Waals surface area contributed by atoms with Crippen molar-refractivity contribution in [1.29, 1.82) is 0 Å². The fraction of sp³-hybridized carbons (Fsp3) is 1.00. The van der Waals surface area contributed by atoms with Gasteiger partial charge in [-0.15, -0.1) is 0 Å². The molecular formula is C8H13ClO2S2. The van der Waals surface area contributed by atoms with Crippen molar-refractivity contribution in [3.8, 4) is 0 Å². The summed E-state index contributed by atoms with van der Waals surface area (Å²) in [6.07, 6.45) is 4.64. The number of hydrogen-bond donors (Lipinski definition) is 0. The lowest BCUT2D eigenvalue weighted by molar-refractivity contribution is 0.492. The van der Waals surface area contributed by atoms with Crippen LogP contribution in [0.4, 0.5) is 0 Å². The Morgan fingerprint density at radius 1 is 1.23 bits per heavy atom. The summed E-state index contributed by atoms with van der Waals surface area (Å²) in [4.78, 5) is 0. The van der Waals surface area contributed by atoms with Gasteiger partial charge in [-0.2, -0.15) is 11.8 Å². The molecule has 0 aromatic carbocycles. The Balaban J connectivity index is 1.96. The van der Waals surface area contributed by atoms with Crippen molar-refractivity contribution < 1.29 is 8.42 Å². The summed E-state index contributed by atoms with van der Waals surface area (Å²) in [5.74, 6) is 0.503. The van der Waals surface area contributed by atoms with Crippen LogP contribution >= 0.6 is 22.4 Å². The lowest BCUT2D eigenvalue weighted by atomic mass is 10.0. The van der Waals surface area contributed by atoms with Gasteiger partial charge in [-0.25, -0.2) is 8.42 Å². The first kappa shape index (κ1) is 10.1. The molecule has 0 N–H and O–H groups in total. The van der Waals surface area contributed by atoms with E-state index in [1.807, 2.05) is 11.8 Å². The summed E-state index contributed by atoms with van der Waals surface area (Å²) in [6.45, 7) is 0. The van der Waals surface area contributed by atoms with Crippen molar-refractivity contribution in [2.45, 2.75) is 36.2 Å². The molecular weight excluding hydrogens is 228 g/mol. The zero-order valence-corrected chi connectivity index (χ0v) is 9.67. The molecule has 0 spiro atoms. The number of rotatable bonds is 2. The van der Waals surface area contributed by atoms with Gasteiger partial charge in [-0.05, 0) is 31.6 Å². The monoisotopic (exact) mass is 240 g/mol. The highest BCUT2D eigenvalue weighted by Crippen LogP contribution is 2.46. The Hall–Kier alpha value is 0.590. The third-order valence-corrected chi connectivity index (χ3v) is 5.70. The molecule has 2 rings (SSSR count). The summed E-state index contributed by atoms with van der Waals surface area (Å²) < 4.78 is 21.8. The molecule has 0 aromatic rings. The number of hydrogen-bond acceptors (Lipinski definition) is 3. The largest absolute Gasteiger partial charge is 0.232 e. The van der Waals surface area contributed by atoms with Gasteiger partial charge in [-0.3, -0.25) is 0 Å². The van der Waals surface area contributed by atoms with Gasteiger partial charge in [-0.1, -0.05) is 0 Å². The van der Waals surface area contributed by atoms with Gasteiger partial charge in [0.25, 0.3) is 0 Å². The van der Waals surface area contributed by atoms with Crippen molar-refractivity contribution in [3.05, 3.63) is 0 Å². The normalized spacial score (nSPS) is 39.3. The van der Waals surface area contributed by atoms with E-state index in [0.29, 0.717) is 16.4 Å². The first-order chi connectivity index (χ1) is 6.03. The van der Waals surface area contributed by atoms with E-state index in [1.54, 1.807) is 0 Å². The third-order valence-electron chi connectivity index (χ3n) is 2.82. The van der Waals surface area contributed by atoms with Gasteiger partial charge < -0.3 is 0 Å². The van der Waals surface area contributed by atoms with Crippen molar-refractivity contribution >= 4 is 31.5 Å². The van der Waals surface area contributed by atoms with Crippen LogP contribution in [-0.4, -0.2) is 24.7 Å². The summed E-state index contributed by atoms with van der Waals surface area (Å²) in [5.41, 5.74) is 0. The lowest BCUT2D eigenvalue weighted by Crippen LogP contribution is -2.22. The van der Waals surface area contributed by atoms with Crippen LogP contribution in [0.3, 0.4) is 0 Å². The van der Waals surface area contributed by atoms with Crippen LogP contribution < -0.4 is 0 Å². The Bertz CT molecular complexity index is 277. The molecule has 13 heavy (non-hydrogen) atoms. The van der Waals surface area contributed by atoms with Crippen molar-refractivity contribution in [2.24, 2.45) is 5.92 Å². The molecule has 2 aliphatic heterocycles. The average molecular weight is 241 g/mol. The average Bonchev–Trinajstić information content (AvgIpc) is 2.27. The number of thioether (sulfide) groups is 1. The fourth-order valence-electron chi connectivity index (χ4n) is 2.38. The van der Waals surface area contributed by atoms with Gasteiger partial charge in [0.1, 0.15) is 0 Å². The first-order valence-corrected chi connectivity index (χ1v) is 8.03. The highest BCUT2D eigenvalue weighted by molar-refractivity contribution is 8.13. The van der Waals surface area contributed by atoms with E-state index < -0.39 is 9.05 Å². The fourth-order valence-corrected chi connectivity index (χ4v) is 5.61. The van der Waals surface area contributed by atoms with Crippen molar-refractivity contribution in [3.63, 3.8) is 0 Å². The van der Waals surface area contributed by atoms with E-state index in [-0.39, 0.29) is 5.75 Å². The van der Waals surface area contributed by atoms with Gasteiger partial charge >= 0.3 is 0 Å². The Morgan fingerprint density at radius 2 is 1.77 bits per heavy atom. The predicted octanol–water partition coefficient (Wildman–Crippen LogP) is 2.23. The minimum atomic E-state index is -3.28. The van der Waals surface area contributed by atoms with Crippen LogP contribution in [0.1, 0.15) is 25.7 Å². The molecule has 2 heterocycles. The maximum Gasteiger partial charge on any atom is 0.232 e. The SMILES string of the molecule is O=S(=O)(Cl)CC1CC2CCC(C1)S2. The minimum absolute atomic E-state index is 0.183. The second-order valence-corrected chi connectivity index (χ2v) is 8.43. The van der Waals surface area contributed by atoms with Gasteiger partial charge in [0.05, 0.1) is 5.75 Å². The van der Waals surface area contributed by atoms with Crippen LogP contribution in [0.15, 0.2) is 0 Å². The maximum absolute atomic E-state index is 10.9. The predicted molar refractivity (Wildman–Crippen MR) is 56.8 cm³/mol. The number of fused-ring (bicyclic) bond motifs is 2. The number of halogens is 1. The summed E-state index contributed by atoms with van der Waals surface area (Å²) in [6, 6.07) is 0. The molecule has 0 saturated carbocycles. The minimum Gasteiger partial charge on any atom is -0.212 e. The molecule has 0 aromatic heterocycles. The lowest BCUT2D eigenvalue weighted by Gasteiger charge is -2.26. The molecule has 0 aliphatic carbocycles. The zero-order chi connectivity index (χ0) is 9.47. The van der Waals surface area contributed by atoms with E-state index >= 15 is 0 Å². The van der Waals surface area contributed by atoms with Crippen molar-refractivity contribution in [1.82, 2.24) is 0 Å². The molecule has 2 saturated heterocycles. The summed E-state index contributed by atoms with van der Waals surface area (Å²) in [7, 11) is 1.97. The third kappa shape index (κ3) is 2.77. The van der Waals surface area contributed by atoms with Gasteiger partial charge in [0, 0.05) is 21.2 Å². The molecule has 2 atom stereocenters. The topological polar surface area (TPSA) is 34.1 Å². The Kier molecular flexibility index (Phi) is 2.82. The van der Waals surface area contributed by atoms with Crippen LogP contribution in [-0.2, 0) is 9.05 Å². The molecule has 2 bridgehead atoms. The van der Waals surface area contributed by atoms with Gasteiger partial charge in [0.2, 0.25) is 9.05 Å². The summed E-state index contributed by atoms with van der Waals surface area (Å²) >= 11 is 2.04. The van der Waals surface area contributed by atoms with E-state index in [2.05, 4.69) is 0 Å². The second kappa shape index (κ2) is 3.63. The molecule has 2 aliphatic rings. The highest BCUT2D eigenvalue weighted by Gasteiger charge is 2.36. The molecule has 2 unspecified atom stereocenters. The Morgan fingerprint density at radius 3 is 2.23 bits per heavy atom. The van der Waals surface area contributed by atoms with E-state index in [0.717, 1.165) is 12.8 Å². The van der Waals surface area contributed by atoms with Crippen LogP contribution in [0, 0.1) is 5.92 Å². The molecule has 2 fully saturated rings. The van der Waals surface area contributed by atoms with Crippen LogP contribution in [0.5, 0.6) is 0 Å². The Labute approximate surface area is 87.8 Å². The smallest absolute Gasteiger partial charge is 0.212 e. The first-order valence-electron chi connectivity index (χ1n) is 4.61. The van der Waals surface area contributed by atoms with E-state index in [9.17, 15) is 8.42 Å². The van der Waals surface area contributed by atoms with Crippen LogP contribution in [0.25, 0.3) is 0 Å². The molecule has 0 radical (unpaired) electrons. The van der Waals surface area contributed by atoms with Gasteiger partial charge in [0.15, 0.2) is 0 Å². The second-order valence-electron chi connectivity index (χ2n) is 4.00. The molecule has 2 nitrogen and oxygen atoms in total. The molecule has 5 heteroatoms. The maximum atomic E-state index is 10.9. The standard InChI is InChI=1S/C8H13ClO2S2/c9-13(10,11)5-6-3-7-1-2-8(4-6)12-7/h6-8H,1-5H2. The summed E-state index contributed by atoms with van der Waals surface area (Å²) in [5, 5.41) is 1.42. The quantitative estimate of drug-likeness (QED) is 0.695. The van der Waals surface area contributed by atoms with Crippen molar-refractivity contribution in [2.75, 3.05) is 5.75 Å². The molecule has 76 valence electrons. The highest BCUT2D eigenvalue weighted by atomic mass is 35.7.